The molecule has 9 rings (SSSR count). The summed E-state index contributed by atoms with van der Waals surface area (Å²) in [5.74, 6) is 0. The van der Waals surface area contributed by atoms with E-state index in [4.69, 9.17) is 9.97 Å². The van der Waals surface area contributed by atoms with E-state index in [9.17, 15) is 0 Å². The maximum absolute atomic E-state index is 5.29. The van der Waals surface area contributed by atoms with Gasteiger partial charge in [0.1, 0.15) is 0 Å². The Hall–Kier alpha value is -6.25. The first-order valence-electron chi connectivity index (χ1n) is 15.8. The van der Waals surface area contributed by atoms with Crippen LogP contribution in [-0.4, -0.2) is 34.9 Å². The number of benzene rings is 1. The summed E-state index contributed by atoms with van der Waals surface area (Å²) in [5.41, 5.74) is 15.2. The van der Waals surface area contributed by atoms with E-state index in [1.54, 1.807) is 12.4 Å². The summed E-state index contributed by atoms with van der Waals surface area (Å²) in [5, 5.41) is 0. The second kappa shape index (κ2) is 12.1. The van der Waals surface area contributed by atoms with E-state index in [0.29, 0.717) is 0 Å². The van der Waals surface area contributed by atoms with Crippen LogP contribution in [0.1, 0.15) is 22.8 Å². The number of nitrogens with one attached hydrogen (secondary N) is 2. The molecular formula is C41H26BrN7. The van der Waals surface area contributed by atoms with Gasteiger partial charge in [-0.2, -0.15) is 0 Å². The molecule has 0 unspecified atom stereocenters. The highest BCUT2D eigenvalue weighted by Crippen LogP contribution is 2.38. The van der Waals surface area contributed by atoms with Gasteiger partial charge in [-0.05, 0) is 119 Å². The zero-order valence-corrected chi connectivity index (χ0v) is 27.6. The molecule has 7 nitrogen and oxygen atoms in total. The molecule has 2 aliphatic heterocycles. The van der Waals surface area contributed by atoms with Crippen molar-refractivity contribution in [1.82, 2.24) is 34.9 Å². The fraction of sp³-hybridized carbons (Fsp3) is 0. The van der Waals surface area contributed by atoms with Crippen LogP contribution in [0.3, 0.4) is 0 Å². The van der Waals surface area contributed by atoms with Gasteiger partial charge in [-0.3, -0.25) is 15.0 Å². The average Bonchev–Trinajstić information content (AvgIpc) is 3.98. The normalized spacial score (nSPS) is 12.0. The lowest BCUT2D eigenvalue weighted by Crippen LogP contribution is -1.91. The van der Waals surface area contributed by atoms with E-state index < -0.39 is 0 Å². The molecule has 1 aromatic carbocycles. The van der Waals surface area contributed by atoms with Crippen LogP contribution in [0.4, 0.5) is 0 Å². The van der Waals surface area contributed by atoms with Gasteiger partial charge in [0.05, 0.1) is 22.8 Å². The summed E-state index contributed by atoms with van der Waals surface area (Å²) in [4.78, 5) is 31.0. The molecule has 0 amide bonds. The zero-order chi connectivity index (χ0) is 32.7. The number of nitrogens with zero attached hydrogens (tertiary/aromatic N) is 5. The molecule has 0 saturated carbocycles. The molecule has 0 aliphatic carbocycles. The van der Waals surface area contributed by atoms with Crippen LogP contribution in [-0.2, 0) is 0 Å². The van der Waals surface area contributed by atoms with Crippen LogP contribution in [0.15, 0.2) is 127 Å². The topological polar surface area (TPSA) is 96.0 Å². The Bertz CT molecular complexity index is 2450. The molecule has 7 aromatic rings. The number of pyridine rings is 3. The van der Waals surface area contributed by atoms with Crippen molar-refractivity contribution in [1.29, 1.82) is 0 Å². The van der Waals surface area contributed by atoms with Crippen molar-refractivity contribution in [3.63, 3.8) is 0 Å². The fourth-order valence-electron chi connectivity index (χ4n) is 6.59. The largest absolute Gasteiger partial charge is 0.354 e. The molecule has 8 heteroatoms. The number of hydrogen-bond acceptors (Lipinski definition) is 5. The first-order valence-corrected chi connectivity index (χ1v) is 16.6. The third kappa shape index (κ3) is 5.28. The second-order valence-electron chi connectivity index (χ2n) is 11.7. The van der Waals surface area contributed by atoms with Crippen molar-refractivity contribution < 1.29 is 0 Å². The van der Waals surface area contributed by atoms with Gasteiger partial charge in [-0.1, -0.05) is 28.1 Å². The third-order valence-electron chi connectivity index (χ3n) is 8.79. The monoisotopic (exact) mass is 695 g/mol. The van der Waals surface area contributed by atoms with Crippen LogP contribution in [0.25, 0.3) is 90.9 Å². The number of rotatable bonds is 4. The summed E-state index contributed by atoms with van der Waals surface area (Å²) in [6.07, 6.45) is 19.2. The Balaban J connectivity index is 1.48. The lowest BCUT2D eigenvalue weighted by Gasteiger charge is -2.06. The molecule has 0 radical (unpaired) electrons. The van der Waals surface area contributed by atoms with Gasteiger partial charge in [0.2, 0.25) is 0 Å². The quantitative estimate of drug-likeness (QED) is 0.191. The van der Waals surface area contributed by atoms with E-state index in [1.165, 1.54) is 0 Å². The van der Waals surface area contributed by atoms with E-state index in [1.807, 2.05) is 61.2 Å². The van der Waals surface area contributed by atoms with Crippen molar-refractivity contribution in [3.8, 4) is 44.5 Å². The lowest BCUT2D eigenvalue weighted by atomic mass is 10.0. The minimum Gasteiger partial charge on any atom is -0.354 e. The summed E-state index contributed by atoms with van der Waals surface area (Å²) in [6, 6.07) is 29.0. The molecule has 0 spiro atoms. The average molecular weight is 697 g/mol. The van der Waals surface area contributed by atoms with Crippen molar-refractivity contribution in [2.24, 2.45) is 0 Å². The van der Waals surface area contributed by atoms with Crippen LogP contribution >= 0.6 is 15.9 Å². The summed E-state index contributed by atoms with van der Waals surface area (Å²) in [7, 11) is 0. The second-order valence-corrected chi connectivity index (χ2v) is 12.6. The van der Waals surface area contributed by atoms with Crippen LogP contribution < -0.4 is 0 Å². The molecule has 0 fully saturated rings. The minimum atomic E-state index is 0.825. The maximum Gasteiger partial charge on any atom is 0.0738 e. The summed E-state index contributed by atoms with van der Waals surface area (Å²) < 4.78 is 1.02. The van der Waals surface area contributed by atoms with Gasteiger partial charge in [0, 0.05) is 86.0 Å². The highest BCUT2D eigenvalue weighted by atomic mass is 79.9. The number of fused-ring (bicyclic) bond motifs is 8. The smallest absolute Gasteiger partial charge is 0.0738 e. The molecule has 49 heavy (non-hydrogen) atoms. The molecular weight excluding hydrogens is 670 g/mol. The van der Waals surface area contributed by atoms with Crippen LogP contribution in [0.5, 0.6) is 0 Å². The van der Waals surface area contributed by atoms with Crippen molar-refractivity contribution >= 4 is 62.3 Å². The number of H-pyrrole nitrogens is 2. The molecule has 8 heterocycles. The molecule has 0 atom stereocenters. The Morgan fingerprint density at radius 2 is 0.673 bits per heavy atom. The van der Waals surface area contributed by atoms with E-state index in [2.05, 4.69) is 114 Å². The van der Waals surface area contributed by atoms with Gasteiger partial charge in [0.15, 0.2) is 0 Å². The van der Waals surface area contributed by atoms with Crippen molar-refractivity contribution in [2.75, 3.05) is 0 Å². The zero-order valence-electron chi connectivity index (χ0n) is 26.0. The Morgan fingerprint density at radius 1 is 0.347 bits per heavy atom. The molecule has 0 saturated heterocycles. The summed E-state index contributed by atoms with van der Waals surface area (Å²) >= 11 is 3.62. The number of hydrogen-bond donors (Lipinski definition) is 2. The van der Waals surface area contributed by atoms with Gasteiger partial charge in [-0.25, -0.2) is 9.97 Å². The SMILES string of the molecule is Brc1ccc(-c2c3ccc([nH]3)c(-c3ccncc3)c3nc(c(-c4ccncc4)c4nc(c(-c5ccncc5)c5ccc2[nH]5)C=C4)C=C3)cc1. The van der Waals surface area contributed by atoms with E-state index in [0.717, 1.165) is 93.8 Å². The summed E-state index contributed by atoms with van der Waals surface area (Å²) in [6.45, 7) is 0. The van der Waals surface area contributed by atoms with Gasteiger partial charge >= 0.3 is 0 Å². The predicted octanol–water partition coefficient (Wildman–Crippen LogP) is 10.3. The highest BCUT2D eigenvalue weighted by molar-refractivity contribution is 9.10. The Kier molecular flexibility index (Phi) is 7.13. The third-order valence-corrected chi connectivity index (χ3v) is 9.32. The van der Waals surface area contributed by atoms with Crippen molar-refractivity contribution in [2.45, 2.75) is 0 Å². The number of aromatic amines is 2. The molecule has 6 aromatic heterocycles. The van der Waals surface area contributed by atoms with Gasteiger partial charge < -0.3 is 9.97 Å². The van der Waals surface area contributed by atoms with Gasteiger partial charge in [-0.15, -0.1) is 0 Å². The molecule has 8 bridgehead atoms. The maximum atomic E-state index is 5.29. The highest BCUT2D eigenvalue weighted by Gasteiger charge is 2.19. The molecule has 2 N–H and O–H groups in total. The van der Waals surface area contributed by atoms with Gasteiger partial charge in [0.25, 0.3) is 0 Å². The predicted molar refractivity (Wildman–Crippen MR) is 202 cm³/mol. The molecule has 2 aliphatic rings. The van der Waals surface area contributed by atoms with Crippen LogP contribution in [0, 0.1) is 0 Å². The molecule has 232 valence electrons. The van der Waals surface area contributed by atoms with E-state index in [-0.39, 0.29) is 0 Å². The standard InChI is InChI=1S/C41H26BrN7/c42-29-3-1-25(2-4-29)38-30-5-7-32(46-30)39(26-13-19-43-20-14-26)34-9-11-36(48-34)41(28-17-23-45-24-18-28)37-12-10-35(49-37)40(27-15-21-44-22-16-27)33-8-6-31(38)47-33/h1-24,46-47H. The van der Waals surface area contributed by atoms with E-state index >= 15 is 0 Å². The first-order chi connectivity index (χ1) is 24.2. The number of halogens is 1. The minimum absolute atomic E-state index is 0.825. The number of aromatic nitrogens is 7. The fourth-order valence-corrected chi connectivity index (χ4v) is 6.86. The lowest BCUT2D eigenvalue weighted by molar-refractivity contribution is 1.26. The first kappa shape index (κ1) is 28.9. The Labute approximate surface area is 290 Å². The van der Waals surface area contributed by atoms with Crippen molar-refractivity contribution in [3.05, 3.63) is 149 Å². The van der Waals surface area contributed by atoms with Crippen LogP contribution in [0.2, 0.25) is 0 Å². The Morgan fingerprint density at radius 3 is 1.08 bits per heavy atom.